The predicted octanol–water partition coefficient (Wildman–Crippen LogP) is 5.44. The summed E-state index contributed by atoms with van der Waals surface area (Å²) < 4.78 is 11.7. The van der Waals surface area contributed by atoms with Crippen LogP contribution in [-0.4, -0.2) is 70.6 Å². The zero-order valence-corrected chi connectivity index (χ0v) is 24.8. The summed E-state index contributed by atoms with van der Waals surface area (Å²) in [7, 11) is 0. The molecule has 2 aliphatic rings. The number of carbonyl (C=O) groups excluding carboxylic acids is 3. The van der Waals surface area contributed by atoms with Crippen LogP contribution in [0.25, 0.3) is 0 Å². The van der Waals surface area contributed by atoms with E-state index in [1.54, 1.807) is 29.7 Å². The van der Waals surface area contributed by atoms with E-state index >= 15 is 0 Å². The quantitative estimate of drug-likeness (QED) is 0.427. The highest BCUT2D eigenvalue weighted by Crippen LogP contribution is 2.40. The number of fused-ring (bicyclic) bond motifs is 1. The van der Waals surface area contributed by atoms with Crippen LogP contribution in [0.5, 0.6) is 5.75 Å². The number of nitrogens with zero attached hydrogens (tertiary/aromatic N) is 4. The molecule has 3 rings (SSSR count). The van der Waals surface area contributed by atoms with Crippen molar-refractivity contribution in [3.8, 4) is 11.8 Å². The van der Waals surface area contributed by atoms with Gasteiger partial charge in [0.2, 0.25) is 0 Å². The molecular weight excluding hydrogens is 496 g/mol. The van der Waals surface area contributed by atoms with Crippen LogP contribution in [-0.2, 0) is 9.53 Å². The fraction of sp³-hybridized carbons (Fsp3) is 0.667. The molecule has 1 aromatic rings. The number of anilines is 1. The number of amides is 3. The molecule has 3 amide bonds. The monoisotopic (exact) mass is 540 g/mol. The first-order valence-electron chi connectivity index (χ1n) is 14.0. The van der Waals surface area contributed by atoms with E-state index in [0.717, 1.165) is 18.4 Å². The van der Waals surface area contributed by atoms with E-state index in [1.807, 2.05) is 52.5 Å². The second-order valence-corrected chi connectivity index (χ2v) is 12.3. The van der Waals surface area contributed by atoms with Crippen molar-refractivity contribution in [1.29, 1.82) is 5.26 Å². The van der Waals surface area contributed by atoms with E-state index in [1.165, 1.54) is 0 Å². The molecule has 2 heterocycles. The van der Waals surface area contributed by atoms with Gasteiger partial charge in [0.15, 0.2) is 5.60 Å². The van der Waals surface area contributed by atoms with Gasteiger partial charge in [0.25, 0.3) is 11.8 Å². The first-order valence-corrected chi connectivity index (χ1v) is 14.0. The van der Waals surface area contributed by atoms with Crippen LogP contribution in [0.1, 0.15) is 96.5 Å². The number of hydrogen-bond donors (Lipinski definition) is 0. The van der Waals surface area contributed by atoms with Gasteiger partial charge in [-0.2, -0.15) is 5.26 Å². The number of ether oxygens (including phenoxy) is 2. The lowest BCUT2D eigenvalue weighted by molar-refractivity contribution is -0.132. The van der Waals surface area contributed by atoms with Crippen LogP contribution in [0.15, 0.2) is 12.1 Å². The number of unbranched alkanes of at least 4 members (excludes halogenated alkanes) is 2. The summed E-state index contributed by atoms with van der Waals surface area (Å²) in [4.78, 5) is 45.5. The van der Waals surface area contributed by atoms with Gasteiger partial charge in [-0.05, 0) is 98.8 Å². The Hall–Kier alpha value is -3.28. The Balaban J connectivity index is 1.92. The fourth-order valence-electron chi connectivity index (χ4n) is 5.28. The summed E-state index contributed by atoms with van der Waals surface area (Å²) in [5.74, 6) is 0.261. The first kappa shape index (κ1) is 30.3. The lowest BCUT2D eigenvalue weighted by Crippen LogP contribution is -2.55. The molecule has 0 aromatic heterocycles. The second-order valence-electron chi connectivity index (χ2n) is 12.3. The molecule has 0 saturated carbocycles. The number of benzene rings is 1. The summed E-state index contributed by atoms with van der Waals surface area (Å²) in [6.45, 7) is 16.3. The van der Waals surface area contributed by atoms with Gasteiger partial charge in [0.05, 0.1) is 17.8 Å². The zero-order valence-electron chi connectivity index (χ0n) is 24.8. The molecule has 0 radical (unpaired) electrons. The molecule has 1 fully saturated rings. The Labute approximate surface area is 233 Å². The highest BCUT2D eigenvalue weighted by molar-refractivity contribution is 6.05. The number of nitriles is 1. The Bertz CT molecular complexity index is 1130. The van der Waals surface area contributed by atoms with E-state index in [-0.39, 0.29) is 30.0 Å². The van der Waals surface area contributed by atoms with Crippen LogP contribution in [0.4, 0.5) is 10.5 Å². The maximum absolute atomic E-state index is 14.1. The number of carbonyl (C=O) groups is 3. The highest BCUT2D eigenvalue weighted by Gasteiger charge is 2.42. The molecule has 0 spiro atoms. The lowest BCUT2D eigenvalue weighted by atomic mass is 9.97. The Morgan fingerprint density at radius 1 is 1.26 bits per heavy atom. The minimum Gasteiger partial charge on any atom is -0.476 e. The van der Waals surface area contributed by atoms with Crippen LogP contribution >= 0.6 is 0 Å². The summed E-state index contributed by atoms with van der Waals surface area (Å²) in [5.41, 5.74) is 0.228. The number of piperidine rings is 1. The maximum Gasteiger partial charge on any atom is 0.410 e. The topological polar surface area (TPSA) is 103 Å². The van der Waals surface area contributed by atoms with Crippen molar-refractivity contribution in [1.82, 2.24) is 9.80 Å². The van der Waals surface area contributed by atoms with Crippen molar-refractivity contribution < 1.29 is 23.9 Å². The molecule has 9 nitrogen and oxygen atoms in total. The molecule has 1 aromatic carbocycles. The molecular formula is C30H44N4O5. The molecule has 2 aliphatic heterocycles. The molecule has 39 heavy (non-hydrogen) atoms. The van der Waals surface area contributed by atoms with Crippen molar-refractivity contribution >= 4 is 23.6 Å². The molecule has 1 atom stereocenters. The van der Waals surface area contributed by atoms with E-state index in [2.05, 4.69) is 6.07 Å². The predicted molar refractivity (Wildman–Crippen MR) is 150 cm³/mol. The van der Waals surface area contributed by atoms with Crippen molar-refractivity contribution in [2.45, 2.75) is 111 Å². The maximum atomic E-state index is 14.1. The average Bonchev–Trinajstić information content (AvgIpc) is 2.82. The molecule has 0 unspecified atom stereocenters. The van der Waals surface area contributed by atoms with Crippen LogP contribution in [0.2, 0.25) is 0 Å². The largest absolute Gasteiger partial charge is 0.476 e. The van der Waals surface area contributed by atoms with Gasteiger partial charge in [-0.25, -0.2) is 4.79 Å². The van der Waals surface area contributed by atoms with Gasteiger partial charge in [-0.3, -0.25) is 9.59 Å². The number of aryl methyl sites for hydroxylation is 1. The Morgan fingerprint density at radius 2 is 1.95 bits per heavy atom. The highest BCUT2D eigenvalue weighted by atomic mass is 16.6. The normalized spacial score (nSPS) is 18.8. The minimum absolute atomic E-state index is 0.101. The number of hydrogen-bond acceptors (Lipinski definition) is 6. The van der Waals surface area contributed by atoms with Crippen molar-refractivity contribution in [3.63, 3.8) is 0 Å². The van der Waals surface area contributed by atoms with Crippen molar-refractivity contribution in [3.05, 3.63) is 23.3 Å². The van der Waals surface area contributed by atoms with E-state index in [0.29, 0.717) is 55.9 Å². The molecule has 0 N–H and O–H groups in total. The molecule has 214 valence electrons. The minimum atomic E-state index is -1.03. The Kier molecular flexibility index (Phi) is 9.20. The first-order chi connectivity index (χ1) is 18.2. The van der Waals surface area contributed by atoms with Gasteiger partial charge in [-0.1, -0.05) is 0 Å². The summed E-state index contributed by atoms with van der Waals surface area (Å²) in [6.07, 6.45) is 2.99. The molecule has 1 saturated heterocycles. The van der Waals surface area contributed by atoms with Crippen molar-refractivity contribution in [2.75, 3.05) is 24.5 Å². The zero-order chi connectivity index (χ0) is 29.1. The average molecular weight is 541 g/mol. The van der Waals surface area contributed by atoms with Gasteiger partial charge in [0, 0.05) is 37.7 Å². The van der Waals surface area contributed by atoms with Crippen molar-refractivity contribution in [2.24, 2.45) is 0 Å². The standard InChI is InChI=1S/C30H44N4O5/c1-20(2)34(22-13-12-15-32(19-22)28(37)39-29(4,5)6)26(35)23-18-24-25(17-21(23)3)38-30(7,8)27(36)33(24)16-11-9-10-14-31/h17-18,20,22H,9-13,15-16,19H2,1-8H3/t22-/m1/s1. The van der Waals surface area contributed by atoms with Crippen LogP contribution < -0.4 is 9.64 Å². The van der Waals surface area contributed by atoms with Gasteiger partial charge in [-0.15, -0.1) is 0 Å². The SMILES string of the molecule is Cc1cc2c(cc1C(=O)N(C(C)C)[C@@H]1CCCN(C(=O)OC(C)(C)C)C1)N(CCCCC#N)C(=O)C(C)(C)O2. The van der Waals surface area contributed by atoms with E-state index in [9.17, 15) is 14.4 Å². The summed E-state index contributed by atoms with van der Waals surface area (Å²) in [6, 6.07) is 5.50. The third-order valence-electron chi connectivity index (χ3n) is 7.11. The fourth-order valence-corrected chi connectivity index (χ4v) is 5.28. The lowest BCUT2D eigenvalue weighted by Gasteiger charge is -2.42. The van der Waals surface area contributed by atoms with E-state index < -0.39 is 11.2 Å². The van der Waals surface area contributed by atoms with E-state index in [4.69, 9.17) is 14.7 Å². The third-order valence-corrected chi connectivity index (χ3v) is 7.11. The number of likely N-dealkylation sites (tertiary alicyclic amines) is 1. The molecule has 9 heteroatoms. The molecule has 0 bridgehead atoms. The second kappa shape index (κ2) is 11.8. The van der Waals surface area contributed by atoms with Gasteiger partial charge < -0.3 is 24.2 Å². The van der Waals surface area contributed by atoms with Gasteiger partial charge in [0.1, 0.15) is 11.4 Å². The number of rotatable bonds is 7. The molecule has 0 aliphatic carbocycles. The third kappa shape index (κ3) is 7.03. The van der Waals surface area contributed by atoms with Gasteiger partial charge >= 0.3 is 6.09 Å². The van der Waals surface area contributed by atoms with Crippen LogP contribution in [0.3, 0.4) is 0 Å². The summed E-state index contributed by atoms with van der Waals surface area (Å²) in [5, 5.41) is 8.90. The summed E-state index contributed by atoms with van der Waals surface area (Å²) >= 11 is 0. The smallest absolute Gasteiger partial charge is 0.410 e. The van der Waals surface area contributed by atoms with Crippen LogP contribution in [0, 0.1) is 18.3 Å². The Morgan fingerprint density at radius 3 is 2.56 bits per heavy atom.